The van der Waals surface area contributed by atoms with Crippen molar-refractivity contribution in [1.29, 1.82) is 0 Å². The highest BCUT2D eigenvalue weighted by Crippen LogP contribution is 2.04. The average Bonchev–Trinajstić information content (AvgIpc) is 2.53. The van der Waals surface area contributed by atoms with E-state index in [1.807, 2.05) is 6.08 Å². The van der Waals surface area contributed by atoms with Gasteiger partial charge in [-0.1, -0.05) is 68.4 Å². The van der Waals surface area contributed by atoms with E-state index in [9.17, 15) is 20.1 Å². The smallest absolute Gasteiger partial charge is 0.305 e. The van der Waals surface area contributed by atoms with Gasteiger partial charge in [0.25, 0.3) is 0 Å². The van der Waals surface area contributed by atoms with Crippen LogP contribution in [-0.4, -0.2) is 44.7 Å². The van der Waals surface area contributed by atoms with E-state index >= 15 is 0 Å². The van der Waals surface area contributed by atoms with Crippen LogP contribution in [0, 0.1) is 0 Å². The summed E-state index contributed by atoms with van der Waals surface area (Å²) in [5.41, 5.74) is 0. The molecule has 0 bridgehead atoms. The molecule has 0 aliphatic heterocycles. The molecule has 0 aromatic heterocycles. The number of aliphatic hydroxyl groups excluding tert-OH is 3. The van der Waals surface area contributed by atoms with Crippen LogP contribution in [0.2, 0.25) is 0 Å². The van der Waals surface area contributed by atoms with Crippen LogP contribution in [0.1, 0.15) is 51.9 Å². The fourth-order valence-corrected chi connectivity index (χ4v) is 2.10. The second-order valence-corrected chi connectivity index (χ2v) is 5.98. The van der Waals surface area contributed by atoms with Crippen molar-refractivity contribution in [1.82, 2.24) is 0 Å². The van der Waals surface area contributed by atoms with Crippen LogP contribution >= 0.6 is 0 Å². The minimum Gasteiger partial charge on any atom is -0.481 e. The minimum absolute atomic E-state index is 0.0181. The first-order chi connectivity index (χ1) is 12.0. The number of hydrogen-bond donors (Lipinski definition) is 4. The Labute approximate surface area is 150 Å². The lowest BCUT2D eigenvalue weighted by Gasteiger charge is -2.10. The van der Waals surface area contributed by atoms with E-state index < -0.39 is 24.3 Å². The number of carboxylic acids is 1. The van der Waals surface area contributed by atoms with E-state index in [-0.39, 0.29) is 12.8 Å². The van der Waals surface area contributed by atoms with Crippen LogP contribution in [0.15, 0.2) is 48.6 Å². The summed E-state index contributed by atoms with van der Waals surface area (Å²) >= 11 is 0. The first kappa shape index (κ1) is 23.3. The van der Waals surface area contributed by atoms with Gasteiger partial charge in [0.05, 0.1) is 24.7 Å². The Balaban J connectivity index is 3.93. The molecule has 0 unspecified atom stereocenters. The van der Waals surface area contributed by atoms with Gasteiger partial charge in [0, 0.05) is 6.42 Å². The van der Waals surface area contributed by atoms with E-state index in [1.54, 1.807) is 30.4 Å². The van der Waals surface area contributed by atoms with Gasteiger partial charge in [0.1, 0.15) is 0 Å². The molecule has 0 aromatic rings. The Morgan fingerprint density at radius 2 is 1.56 bits per heavy atom. The van der Waals surface area contributed by atoms with Crippen molar-refractivity contribution in [2.75, 3.05) is 0 Å². The lowest BCUT2D eigenvalue weighted by molar-refractivity contribution is -0.139. The molecule has 0 amide bonds. The standard InChI is InChI=1S/C20H32O5/c1-2-3-4-5-6-9-12-17(21)13-10-7-8-11-14-18(22)15-19(23)16-20(24)25/h6-11,13-14,17-19,21-23H,2-5,12,15-16H2,1H3,(H,24,25)/b8-7+,9-6-,13-10+,14-11-/t17-,18-,19-/m1/s1. The van der Waals surface area contributed by atoms with Crippen LogP contribution in [-0.2, 0) is 4.79 Å². The fourth-order valence-electron chi connectivity index (χ4n) is 2.10. The van der Waals surface area contributed by atoms with Gasteiger partial charge in [-0.25, -0.2) is 0 Å². The number of allylic oxidation sites excluding steroid dienone is 5. The highest BCUT2D eigenvalue weighted by atomic mass is 16.4. The molecule has 142 valence electrons. The molecule has 0 aliphatic carbocycles. The average molecular weight is 352 g/mol. The van der Waals surface area contributed by atoms with Crippen LogP contribution in [0.5, 0.6) is 0 Å². The molecular weight excluding hydrogens is 320 g/mol. The molecule has 0 heterocycles. The lowest BCUT2D eigenvalue weighted by atomic mass is 10.1. The third kappa shape index (κ3) is 16.9. The Morgan fingerprint density at radius 3 is 2.16 bits per heavy atom. The molecule has 0 radical (unpaired) electrons. The summed E-state index contributed by atoms with van der Waals surface area (Å²) in [5, 5.41) is 37.3. The molecule has 0 fully saturated rings. The number of rotatable bonds is 14. The first-order valence-electron chi connectivity index (χ1n) is 8.88. The molecule has 4 N–H and O–H groups in total. The molecule has 5 nitrogen and oxygen atoms in total. The molecule has 0 aliphatic rings. The number of hydrogen-bond acceptors (Lipinski definition) is 4. The second-order valence-electron chi connectivity index (χ2n) is 5.98. The Hall–Kier alpha value is -1.69. The van der Waals surface area contributed by atoms with Crippen molar-refractivity contribution in [3.8, 4) is 0 Å². The maximum Gasteiger partial charge on any atom is 0.305 e. The van der Waals surface area contributed by atoms with Gasteiger partial charge in [0.2, 0.25) is 0 Å². The summed E-state index contributed by atoms with van der Waals surface area (Å²) < 4.78 is 0. The quantitative estimate of drug-likeness (QED) is 0.219. The maximum atomic E-state index is 10.4. The molecule has 0 spiro atoms. The first-order valence-corrected chi connectivity index (χ1v) is 8.88. The second kappa shape index (κ2) is 15.8. The van der Waals surface area contributed by atoms with E-state index in [1.165, 1.54) is 25.3 Å². The monoisotopic (exact) mass is 352 g/mol. The van der Waals surface area contributed by atoms with Gasteiger partial charge in [-0.05, 0) is 19.3 Å². The van der Waals surface area contributed by atoms with Gasteiger partial charge in [0.15, 0.2) is 0 Å². The predicted molar refractivity (Wildman–Crippen MR) is 100 cm³/mol. The van der Waals surface area contributed by atoms with Crippen LogP contribution in [0.4, 0.5) is 0 Å². The molecular formula is C20H32O5. The van der Waals surface area contributed by atoms with Crippen LogP contribution in [0.25, 0.3) is 0 Å². The van der Waals surface area contributed by atoms with Crippen LogP contribution in [0.3, 0.4) is 0 Å². The Bertz CT molecular complexity index is 451. The van der Waals surface area contributed by atoms with Gasteiger partial charge in [-0.3, -0.25) is 4.79 Å². The molecule has 0 saturated carbocycles. The highest BCUT2D eigenvalue weighted by molar-refractivity contribution is 5.67. The predicted octanol–water partition coefficient (Wildman–Crippen LogP) is 3.13. The maximum absolute atomic E-state index is 10.4. The third-order valence-corrected chi connectivity index (χ3v) is 3.44. The molecule has 3 atom stereocenters. The van der Waals surface area contributed by atoms with Gasteiger partial charge < -0.3 is 20.4 Å². The van der Waals surface area contributed by atoms with Gasteiger partial charge >= 0.3 is 5.97 Å². The third-order valence-electron chi connectivity index (χ3n) is 3.44. The molecule has 5 heteroatoms. The highest BCUT2D eigenvalue weighted by Gasteiger charge is 2.12. The molecule has 25 heavy (non-hydrogen) atoms. The summed E-state index contributed by atoms with van der Waals surface area (Å²) in [5.74, 6) is -1.09. The number of aliphatic hydroxyl groups is 3. The van der Waals surface area contributed by atoms with Gasteiger partial charge in [-0.2, -0.15) is 0 Å². The zero-order chi connectivity index (χ0) is 18.9. The van der Waals surface area contributed by atoms with Crippen molar-refractivity contribution in [2.45, 2.75) is 70.2 Å². The fraction of sp³-hybridized carbons (Fsp3) is 0.550. The largest absolute Gasteiger partial charge is 0.481 e. The lowest BCUT2D eigenvalue weighted by Crippen LogP contribution is -2.19. The van der Waals surface area contributed by atoms with Gasteiger partial charge in [-0.15, -0.1) is 0 Å². The zero-order valence-electron chi connectivity index (χ0n) is 15.0. The van der Waals surface area contributed by atoms with E-state index in [0.29, 0.717) is 6.42 Å². The van der Waals surface area contributed by atoms with Crippen molar-refractivity contribution in [3.63, 3.8) is 0 Å². The van der Waals surface area contributed by atoms with Crippen molar-refractivity contribution >= 4 is 5.97 Å². The topological polar surface area (TPSA) is 98.0 Å². The molecule has 0 rings (SSSR count). The summed E-state index contributed by atoms with van der Waals surface area (Å²) in [7, 11) is 0. The van der Waals surface area contributed by atoms with E-state index in [2.05, 4.69) is 13.0 Å². The number of aliphatic carboxylic acids is 1. The summed E-state index contributed by atoms with van der Waals surface area (Å²) in [6, 6.07) is 0. The molecule has 0 saturated heterocycles. The SMILES string of the molecule is CCCCC/C=C\C[C@@H](O)/C=C/C=C/C=C\[C@@H](O)C[C@@H](O)CC(=O)O. The molecule has 0 aromatic carbocycles. The number of unbranched alkanes of at least 4 members (excludes halogenated alkanes) is 3. The number of carbonyl (C=O) groups is 1. The summed E-state index contributed by atoms with van der Waals surface area (Å²) in [6.45, 7) is 2.17. The number of carboxylic acid groups (broad SMARTS) is 1. The normalized spacial score (nSPS) is 16.3. The van der Waals surface area contributed by atoms with Crippen LogP contribution < -0.4 is 0 Å². The summed E-state index contributed by atoms with van der Waals surface area (Å²) in [4.78, 5) is 10.4. The zero-order valence-corrected chi connectivity index (χ0v) is 15.0. The Kier molecular flexibility index (Phi) is 14.7. The summed E-state index contributed by atoms with van der Waals surface area (Å²) in [6.07, 6.45) is 16.4. The van der Waals surface area contributed by atoms with Crippen molar-refractivity contribution < 1.29 is 25.2 Å². The Morgan fingerprint density at radius 1 is 0.920 bits per heavy atom. The van der Waals surface area contributed by atoms with E-state index in [0.717, 1.165) is 6.42 Å². The van der Waals surface area contributed by atoms with Crippen molar-refractivity contribution in [3.05, 3.63) is 48.6 Å². The van der Waals surface area contributed by atoms with E-state index in [4.69, 9.17) is 5.11 Å². The van der Waals surface area contributed by atoms with Crippen molar-refractivity contribution in [2.24, 2.45) is 0 Å². The minimum atomic E-state index is -1.09.